The van der Waals surface area contributed by atoms with Gasteiger partial charge in [-0.05, 0) is 30.3 Å². The average molecular weight is 363 g/mol. The fourth-order valence-electron chi connectivity index (χ4n) is 2.25. The number of sulfonamides is 1. The largest absolute Gasteiger partial charge is 0.454 e. The van der Waals surface area contributed by atoms with Gasteiger partial charge in [0.15, 0.2) is 11.5 Å². The monoisotopic (exact) mass is 363 g/mol. The molecule has 2 aromatic rings. The number of rotatable bonds is 5. The van der Waals surface area contributed by atoms with Crippen molar-refractivity contribution in [3.05, 3.63) is 48.0 Å². The number of hydrogen-bond acceptors (Lipinski definition) is 6. The number of fused-ring (bicyclic) bond motifs is 1. The molecule has 132 valence electrons. The number of benzene rings is 2. The van der Waals surface area contributed by atoms with Crippen molar-refractivity contribution in [3.63, 3.8) is 0 Å². The Morgan fingerprint density at radius 2 is 1.84 bits per heavy atom. The maximum Gasteiger partial charge on any atom is 0.265 e. The van der Waals surface area contributed by atoms with Gasteiger partial charge in [0.1, 0.15) is 0 Å². The number of nitrogens with zero attached hydrogens (tertiary/aromatic N) is 1. The first-order chi connectivity index (χ1) is 11.8. The Hall–Kier alpha value is -2.78. The van der Waals surface area contributed by atoms with Gasteiger partial charge in [-0.3, -0.25) is 14.9 Å². The van der Waals surface area contributed by atoms with E-state index < -0.39 is 15.9 Å². The zero-order valence-corrected chi connectivity index (χ0v) is 14.5. The van der Waals surface area contributed by atoms with Crippen molar-refractivity contribution in [2.24, 2.45) is 0 Å². The quantitative estimate of drug-likeness (QED) is 0.780. The third-order valence-corrected chi connectivity index (χ3v) is 4.74. The molecule has 0 aromatic heterocycles. The number of hydrazine groups is 1. The molecule has 0 saturated heterocycles. The van der Waals surface area contributed by atoms with Crippen molar-refractivity contribution in [2.75, 3.05) is 25.6 Å². The first kappa shape index (κ1) is 17.1. The molecule has 25 heavy (non-hydrogen) atoms. The molecular weight excluding hydrogens is 346 g/mol. The molecule has 0 atom stereocenters. The minimum Gasteiger partial charge on any atom is -0.454 e. The van der Waals surface area contributed by atoms with Crippen molar-refractivity contribution in [2.45, 2.75) is 4.90 Å². The molecule has 8 nitrogen and oxygen atoms in total. The van der Waals surface area contributed by atoms with Gasteiger partial charge < -0.3 is 9.47 Å². The Labute approximate surface area is 145 Å². The molecule has 0 radical (unpaired) electrons. The highest BCUT2D eigenvalue weighted by Crippen LogP contribution is 2.34. The van der Waals surface area contributed by atoms with E-state index in [1.807, 2.05) is 0 Å². The van der Waals surface area contributed by atoms with Crippen molar-refractivity contribution in [3.8, 4) is 11.5 Å². The normalized spacial score (nSPS) is 12.9. The Balaban J connectivity index is 1.84. The van der Waals surface area contributed by atoms with Crippen LogP contribution in [0, 0.1) is 0 Å². The summed E-state index contributed by atoms with van der Waals surface area (Å²) in [5.74, 6) is 0.634. The van der Waals surface area contributed by atoms with Gasteiger partial charge in [-0.15, -0.1) is 0 Å². The minimum atomic E-state index is -3.86. The van der Waals surface area contributed by atoms with Gasteiger partial charge in [0, 0.05) is 25.7 Å². The summed E-state index contributed by atoms with van der Waals surface area (Å²) in [6.07, 6.45) is 0. The molecular formula is C16H17N3O5S. The molecule has 3 rings (SSSR count). The summed E-state index contributed by atoms with van der Waals surface area (Å²) >= 11 is 0. The van der Waals surface area contributed by atoms with Crippen LogP contribution in [0.4, 0.5) is 5.69 Å². The van der Waals surface area contributed by atoms with Crippen LogP contribution in [0.2, 0.25) is 0 Å². The van der Waals surface area contributed by atoms with E-state index in [-0.39, 0.29) is 17.3 Å². The molecule has 1 heterocycles. The summed E-state index contributed by atoms with van der Waals surface area (Å²) in [6.45, 7) is 0.106. The number of ether oxygens (including phenoxy) is 2. The standard InChI is InChI=1S/C16H17N3O5S/c1-19(2)17-16(20)11-4-3-5-13(8-11)25(21,22)18-12-6-7-14-15(9-12)24-10-23-14/h3-9,18H,10H2,1-2H3,(H,17,20). The zero-order chi connectivity index (χ0) is 18.0. The van der Waals surface area contributed by atoms with E-state index in [4.69, 9.17) is 9.47 Å². The Bertz CT molecular complexity index is 912. The SMILES string of the molecule is CN(C)NC(=O)c1cccc(S(=O)(=O)Nc2ccc3c(c2)OCO3)c1. The Kier molecular flexibility index (Phi) is 4.51. The second-order valence-electron chi connectivity index (χ2n) is 5.54. The van der Waals surface area contributed by atoms with Crippen molar-refractivity contribution in [1.82, 2.24) is 10.4 Å². The number of carbonyl (C=O) groups excluding carboxylic acids is 1. The van der Waals surface area contributed by atoms with Gasteiger partial charge in [-0.25, -0.2) is 13.4 Å². The topological polar surface area (TPSA) is 97.0 Å². The van der Waals surface area contributed by atoms with Gasteiger partial charge in [0.05, 0.1) is 10.6 Å². The van der Waals surface area contributed by atoms with E-state index in [0.29, 0.717) is 17.2 Å². The molecule has 0 spiro atoms. The first-order valence-corrected chi connectivity index (χ1v) is 8.84. The lowest BCUT2D eigenvalue weighted by Gasteiger charge is -2.13. The van der Waals surface area contributed by atoms with E-state index in [2.05, 4.69) is 10.1 Å². The molecule has 0 saturated carbocycles. The third-order valence-electron chi connectivity index (χ3n) is 3.36. The maximum atomic E-state index is 12.6. The van der Waals surface area contributed by atoms with Gasteiger partial charge in [0.2, 0.25) is 6.79 Å². The van der Waals surface area contributed by atoms with Crippen molar-refractivity contribution in [1.29, 1.82) is 0 Å². The Morgan fingerprint density at radius 1 is 1.08 bits per heavy atom. The third kappa shape index (κ3) is 3.83. The summed E-state index contributed by atoms with van der Waals surface area (Å²) in [5.41, 5.74) is 3.14. The smallest absolute Gasteiger partial charge is 0.265 e. The van der Waals surface area contributed by atoms with Gasteiger partial charge in [-0.1, -0.05) is 6.07 Å². The fourth-order valence-corrected chi connectivity index (χ4v) is 3.34. The van der Waals surface area contributed by atoms with E-state index in [9.17, 15) is 13.2 Å². The molecule has 9 heteroatoms. The van der Waals surface area contributed by atoms with Crippen LogP contribution < -0.4 is 19.6 Å². The number of anilines is 1. The summed E-state index contributed by atoms with van der Waals surface area (Å²) in [6, 6.07) is 10.5. The lowest BCUT2D eigenvalue weighted by atomic mass is 10.2. The van der Waals surface area contributed by atoms with E-state index in [1.165, 1.54) is 23.2 Å². The van der Waals surface area contributed by atoms with Gasteiger partial charge in [0.25, 0.3) is 15.9 Å². The molecule has 1 aliphatic heterocycles. The number of amides is 1. The van der Waals surface area contributed by atoms with E-state index in [0.717, 1.165) is 0 Å². The highest BCUT2D eigenvalue weighted by molar-refractivity contribution is 7.92. The van der Waals surface area contributed by atoms with Crippen LogP contribution in [-0.2, 0) is 10.0 Å². The molecule has 2 aromatic carbocycles. The van der Waals surface area contributed by atoms with Crippen molar-refractivity contribution < 1.29 is 22.7 Å². The number of carbonyl (C=O) groups is 1. The molecule has 1 amide bonds. The van der Waals surface area contributed by atoms with Crippen LogP contribution in [0.5, 0.6) is 11.5 Å². The molecule has 0 unspecified atom stereocenters. The average Bonchev–Trinajstić information content (AvgIpc) is 3.01. The summed E-state index contributed by atoms with van der Waals surface area (Å²) in [7, 11) is -0.523. The Morgan fingerprint density at radius 3 is 2.60 bits per heavy atom. The molecule has 0 bridgehead atoms. The van der Waals surface area contributed by atoms with Crippen LogP contribution in [-0.4, -0.2) is 40.2 Å². The zero-order valence-electron chi connectivity index (χ0n) is 13.6. The fraction of sp³-hybridized carbons (Fsp3) is 0.188. The van der Waals surface area contributed by atoms with Crippen molar-refractivity contribution >= 4 is 21.6 Å². The second kappa shape index (κ2) is 6.61. The molecule has 0 fully saturated rings. The number of nitrogens with one attached hydrogen (secondary N) is 2. The highest BCUT2D eigenvalue weighted by Gasteiger charge is 2.19. The van der Waals surface area contributed by atoms with E-state index in [1.54, 1.807) is 38.4 Å². The molecule has 0 aliphatic carbocycles. The maximum absolute atomic E-state index is 12.6. The van der Waals surface area contributed by atoms with Gasteiger partial charge >= 0.3 is 0 Å². The predicted octanol–water partition coefficient (Wildman–Crippen LogP) is 1.42. The highest BCUT2D eigenvalue weighted by atomic mass is 32.2. The summed E-state index contributed by atoms with van der Waals surface area (Å²) in [5, 5.41) is 1.48. The van der Waals surface area contributed by atoms with Crippen LogP contribution in [0.15, 0.2) is 47.4 Å². The van der Waals surface area contributed by atoms with Gasteiger partial charge in [-0.2, -0.15) is 0 Å². The predicted molar refractivity (Wildman–Crippen MR) is 91.0 cm³/mol. The lowest BCUT2D eigenvalue weighted by molar-refractivity contribution is 0.0856. The van der Waals surface area contributed by atoms with Crippen LogP contribution in [0.1, 0.15) is 10.4 Å². The van der Waals surface area contributed by atoms with E-state index >= 15 is 0 Å². The molecule has 2 N–H and O–H groups in total. The number of hydrogen-bond donors (Lipinski definition) is 2. The van der Waals surface area contributed by atoms with Crippen LogP contribution in [0.25, 0.3) is 0 Å². The minimum absolute atomic E-state index is 0.0171. The summed E-state index contributed by atoms with van der Waals surface area (Å²) in [4.78, 5) is 12.0. The van der Waals surface area contributed by atoms with Crippen LogP contribution in [0.3, 0.4) is 0 Å². The summed E-state index contributed by atoms with van der Waals surface area (Å²) < 4.78 is 38.0. The second-order valence-corrected chi connectivity index (χ2v) is 7.22. The van der Waals surface area contributed by atoms with Crippen LogP contribution >= 0.6 is 0 Å². The first-order valence-electron chi connectivity index (χ1n) is 7.36. The molecule has 1 aliphatic rings. The lowest BCUT2D eigenvalue weighted by Crippen LogP contribution is -2.36.